The minimum Gasteiger partial charge on any atom is -0.0588 e. The summed E-state index contributed by atoms with van der Waals surface area (Å²) in [5.41, 5.74) is 4.78. The second kappa shape index (κ2) is 2.37. The summed E-state index contributed by atoms with van der Waals surface area (Å²) in [5, 5.41) is 0. The molecule has 0 spiro atoms. The van der Waals surface area contributed by atoms with Crippen molar-refractivity contribution in [2.24, 2.45) is 0 Å². The molecule has 0 saturated carbocycles. The van der Waals surface area contributed by atoms with Crippen LogP contribution in [0.2, 0.25) is 0 Å². The number of aryl methyl sites for hydroxylation is 2. The van der Waals surface area contributed by atoms with Crippen LogP contribution in [0.5, 0.6) is 0 Å². The molecule has 0 bridgehead atoms. The van der Waals surface area contributed by atoms with Crippen LogP contribution in [0.15, 0.2) is 12.1 Å². The van der Waals surface area contributed by atoms with Gasteiger partial charge in [-0.2, -0.15) is 0 Å². The third kappa shape index (κ3) is 0.973. The summed E-state index contributed by atoms with van der Waals surface area (Å²) in [6.07, 6.45) is 0.182. The monoisotopic (exact) mass is 148 g/mol. The average Bonchev–Trinajstić information content (AvgIpc) is 2.38. The maximum atomic E-state index is 7.87. The highest BCUT2D eigenvalue weighted by atomic mass is 14.2. The molecule has 0 heteroatoms. The van der Waals surface area contributed by atoms with Gasteiger partial charge in [-0.15, -0.1) is 0 Å². The van der Waals surface area contributed by atoms with E-state index in [1.54, 1.807) is 0 Å². The summed E-state index contributed by atoms with van der Waals surface area (Å²) in [7, 11) is 0. The van der Waals surface area contributed by atoms with Crippen molar-refractivity contribution in [2.75, 3.05) is 0 Å². The van der Waals surface area contributed by atoms with E-state index in [0.717, 1.165) is 12.0 Å². The van der Waals surface area contributed by atoms with Crippen LogP contribution >= 0.6 is 0 Å². The first-order valence-electron chi connectivity index (χ1n) is 5.20. The zero-order valence-corrected chi connectivity index (χ0v) is 7.02. The molecule has 0 fully saturated rings. The molecule has 0 heterocycles. The van der Waals surface area contributed by atoms with E-state index in [2.05, 4.69) is 19.1 Å². The van der Waals surface area contributed by atoms with Gasteiger partial charge in [0.1, 0.15) is 0 Å². The Morgan fingerprint density at radius 1 is 1.18 bits per heavy atom. The van der Waals surface area contributed by atoms with Gasteiger partial charge in [0.2, 0.25) is 0 Å². The predicted molar refractivity (Wildman–Crippen MR) is 47.9 cm³/mol. The molecule has 1 aliphatic carbocycles. The van der Waals surface area contributed by atoms with Gasteiger partial charge < -0.3 is 0 Å². The highest BCUT2D eigenvalue weighted by molar-refractivity contribution is 5.42. The van der Waals surface area contributed by atoms with Crippen LogP contribution in [0.1, 0.15) is 31.4 Å². The molecule has 0 N–H and O–H groups in total. The fraction of sp³-hybridized carbons (Fsp3) is 0.455. The molecule has 1 aromatic rings. The molecule has 2 unspecified atom stereocenters. The lowest BCUT2D eigenvalue weighted by atomic mass is 10.0. The van der Waals surface area contributed by atoms with E-state index in [1.165, 1.54) is 16.7 Å². The maximum absolute atomic E-state index is 7.87. The maximum Gasteiger partial charge on any atom is 0.0316 e. The summed E-state index contributed by atoms with van der Waals surface area (Å²) in [4.78, 5) is 0. The van der Waals surface area contributed by atoms with E-state index < -0.39 is 0 Å². The predicted octanol–water partition coefficient (Wildman–Crippen LogP) is 2.79. The van der Waals surface area contributed by atoms with E-state index in [9.17, 15) is 0 Å². The van der Waals surface area contributed by atoms with Gasteiger partial charge in [0.15, 0.2) is 0 Å². The molecule has 1 aliphatic rings. The molecule has 0 nitrogen and oxygen atoms in total. The van der Waals surface area contributed by atoms with E-state index in [1.807, 2.05) is 6.92 Å². The Labute approximate surface area is 71.1 Å². The lowest BCUT2D eigenvalue weighted by Gasteiger charge is -2.05. The van der Waals surface area contributed by atoms with Gasteiger partial charge in [0, 0.05) is 2.74 Å². The first-order chi connectivity index (χ1) is 6.11. The van der Waals surface area contributed by atoms with Crippen molar-refractivity contribution in [1.82, 2.24) is 0 Å². The van der Waals surface area contributed by atoms with Crippen molar-refractivity contribution in [3.63, 3.8) is 0 Å². The minimum absolute atomic E-state index is 0.255. The van der Waals surface area contributed by atoms with Gasteiger partial charge in [-0.1, -0.05) is 12.1 Å². The standard InChI is InChI=1S/C11H14/c1-8-6-7-9(2)11-5-3-4-10(8)11/h6-7H,3-5H2,1-2H3/i3D,4D. The second-order valence-electron chi connectivity index (χ2n) is 3.20. The van der Waals surface area contributed by atoms with Gasteiger partial charge in [-0.25, -0.2) is 0 Å². The summed E-state index contributed by atoms with van der Waals surface area (Å²) in [6.45, 7) is 4.11. The Bertz CT molecular complexity index is 344. The molecule has 58 valence electrons. The van der Waals surface area contributed by atoms with Crippen LogP contribution in [0, 0.1) is 13.8 Å². The highest BCUT2D eigenvalue weighted by Gasteiger charge is 2.13. The number of fused-ring (bicyclic) bond motifs is 1. The molecule has 11 heavy (non-hydrogen) atoms. The van der Waals surface area contributed by atoms with Crippen LogP contribution in [-0.2, 0) is 12.8 Å². The molecule has 1 aromatic carbocycles. The fourth-order valence-electron chi connectivity index (χ4n) is 1.69. The lowest BCUT2D eigenvalue weighted by Crippen LogP contribution is -1.90. The summed E-state index contributed by atoms with van der Waals surface area (Å²) < 4.78 is 15.6. The molecule has 0 aliphatic heterocycles. The third-order valence-corrected chi connectivity index (χ3v) is 2.42. The quantitative estimate of drug-likeness (QED) is 0.530. The minimum atomic E-state index is -0.324. The Morgan fingerprint density at radius 3 is 2.45 bits per heavy atom. The first kappa shape index (κ1) is 4.97. The van der Waals surface area contributed by atoms with E-state index in [0.29, 0.717) is 0 Å². The van der Waals surface area contributed by atoms with Crippen LogP contribution in [0.3, 0.4) is 0 Å². The third-order valence-electron chi connectivity index (χ3n) is 2.42. The van der Waals surface area contributed by atoms with Gasteiger partial charge in [0.05, 0.1) is 0 Å². The van der Waals surface area contributed by atoms with E-state index >= 15 is 0 Å². The molecular weight excluding hydrogens is 132 g/mol. The zero-order valence-electron chi connectivity index (χ0n) is 9.02. The number of rotatable bonds is 0. The van der Waals surface area contributed by atoms with Gasteiger partial charge in [-0.05, 0) is 55.3 Å². The zero-order chi connectivity index (χ0) is 9.59. The Hall–Kier alpha value is -0.780. The van der Waals surface area contributed by atoms with Crippen LogP contribution < -0.4 is 0 Å². The van der Waals surface area contributed by atoms with Crippen molar-refractivity contribution in [1.29, 1.82) is 0 Å². The highest BCUT2D eigenvalue weighted by Crippen LogP contribution is 2.27. The van der Waals surface area contributed by atoms with Gasteiger partial charge in [-0.3, -0.25) is 0 Å². The number of hydrogen-bond donors (Lipinski definition) is 0. The van der Waals surface area contributed by atoms with E-state index in [-0.39, 0.29) is 12.8 Å². The molecule has 2 atom stereocenters. The smallest absolute Gasteiger partial charge is 0.0316 e. The van der Waals surface area contributed by atoms with Crippen molar-refractivity contribution in [3.05, 3.63) is 34.4 Å². The Balaban J connectivity index is 2.61. The normalized spacial score (nSPS) is 31.1. The van der Waals surface area contributed by atoms with Crippen molar-refractivity contribution >= 4 is 0 Å². The Kier molecular flexibility index (Phi) is 1.07. The molecule has 0 saturated heterocycles. The molecule has 0 amide bonds. The molecular formula is C11H14. The molecule has 0 radical (unpaired) electrons. The van der Waals surface area contributed by atoms with Crippen LogP contribution in [0.25, 0.3) is 0 Å². The van der Waals surface area contributed by atoms with Crippen molar-refractivity contribution < 1.29 is 2.74 Å². The van der Waals surface area contributed by atoms with E-state index in [4.69, 9.17) is 2.74 Å². The second-order valence-corrected chi connectivity index (χ2v) is 3.20. The molecule has 2 rings (SSSR count). The number of benzene rings is 1. The van der Waals surface area contributed by atoms with Gasteiger partial charge >= 0.3 is 0 Å². The number of hydrogen-bond acceptors (Lipinski definition) is 0. The van der Waals surface area contributed by atoms with Crippen LogP contribution in [0.4, 0.5) is 0 Å². The van der Waals surface area contributed by atoms with Crippen molar-refractivity contribution in [2.45, 2.75) is 33.1 Å². The average molecular weight is 148 g/mol. The molecule has 0 aromatic heterocycles. The SMILES string of the molecule is [2H]C1Cc2c(C)ccc(C)c2C1[2H]. The van der Waals surface area contributed by atoms with Gasteiger partial charge in [0.25, 0.3) is 0 Å². The topological polar surface area (TPSA) is 0 Å². The largest absolute Gasteiger partial charge is 0.0588 e. The first-order valence-corrected chi connectivity index (χ1v) is 4.04. The summed E-state index contributed by atoms with van der Waals surface area (Å²) in [6, 6.07) is 4.16. The summed E-state index contributed by atoms with van der Waals surface area (Å²) in [5.74, 6) is 0. The van der Waals surface area contributed by atoms with Crippen molar-refractivity contribution in [3.8, 4) is 0 Å². The fourth-order valence-corrected chi connectivity index (χ4v) is 1.69. The summed E-state index contributed by atoms with van der Waals surface area (Å²) >= 11 is 0. The van der Waals surface area contributed by atoms with Crippen LogP contribution in [-0.4, -0.2) is 0 Å². The lowest BCUT2D eigenvalue weighted by molar-refractivity contribution is 0.907. The Morgan fingerprint density at radius 2 is 1.82 bits per heavy atom.